The van der Waals surface area contributed by atoms with Crippen molar-refractivity contribution in [1.82, 2.24) is 15.1 Å². The summed E-state index contributed by atoms with van der Waals surface area (Å²) in [6.07, 6.45) is 1.73. The molecule has 1 aromatic rings. The normalized spacial score (nSPS) is 19.1. The summed E-state index contributed by atoms with van der Waals surface area (Å²) >= 11 is 6.09. The van der Waals surface area contributed by atoms with E-state index in [9.17, 15) is 14.4 Å². The van der Waals surface area contributed by atoms with Crippen LogP contribution < -0.4 is 11.1 Å². The highest BCUT2D eigenvalue weighted by Crippen LogP contribution is 2.24. The summed E-state index contributed by atoms with van der Waals surface area (Å²) in [5.41, 5.74) is 7.73. The van der Waals surface area contributed by atoms with Crippen molar-refractivity contribution in [1.29, 1.82) is 5.41 Å². The molecule has 1 aromatic carbocycles. The number of nitrogens with two attached hydrogens (primary N) is 1. The first-order chi connectivity index (χ1) is 16.3. The molecule has 3 rings (SSSR count). The molecule has 0 spiro atoms. The van der Waals surface area contributed by atoms with Gasteiger partial charge in [-0.25, -0.2) is 0 Å². The molecule has 34 heavy (non-hydrogen) atoms. The average molecular weight is 492 g/mol. The van der Waals surface area contributed by atoms with Crippen LogP contribution in [0.1, 0.15) is 43.7 Å². The standard InChI is InChI=1S/C24H34ClN5O4/c1-16(27)20(6-7-22(31)29-9-11-34-12-10-29)24(33)30-8-2-3-21(30)23(32)28-15-18-13-19(25)5-4-17(18)14-26/h4-5,13,20-21,27H,2-3,6-12,14-15,26H2,1H3,(H,28,32). The smallest absolute Gasteiger partial charge is 0.243 e. The minimum absolute atomic E-state index is 0.0321. The summed E-state index contributed by atoms with van der Waals surface area (Å²) < 4.78 is 5.28. The Morgan fingerprint density at radius 3 is 2.65 bits per heavy atom. The molecule has 2 atom stereocenters. The predicted octanol–water partition coefficient (Wildman–Crippen LogP) is 1.70. The zero-order chi connectivity index (χ0) is 24.7. The van der Waals surface area contributed by atoms with E-state index in [0.29, 0.717) is 57.3 Å². The summed E-state index contributed by atoms with van der Waals surface area (Å²) in [6.45, 7) is 4.78. The summed E-state index contributed by atoms with van der Waals surface area (Å²) in [5, 5.41) is 11.6. The lowest BCUT2D eigenvalue weighted by Crippen LogP contribution is -2.49. The second-order valence-electron chi connectivity index (χ2n) is 8.79. The summed E-state index contributed by atoms with van der Waals surface area (Å²) in [6, 6.07) is 4.78. The number of nitrogens with zero attached hydrogens (tertiary/aromatic N) is 2. The van der Waals surface area contributed by atoms with Gasteiger partial charge in [-0.3, -0.25) is 14.4 Å². The van der Waals surface area contributed by atoms with Crippen molar-refractivity contribution in [2.24, 2.45) is 11.7 Å². The van der Waals surface area contributed by atoms with Gasteiger partial charge >= 0.3 is 0 Å². The summed E-state index contributed by atoms with van der Waals surface area (Å²) in [4.78, 5) is 42.2. The maximum Gasteiger partial charge on any atom is 0.243 e. The number of carbonyl (C=O) groups excluding carboxylic acids is 3. The fourth-order valence-corrected chi connectivity index (χ4v) is 4.72. The number of likely N-dealkylation sites (tertiary alicyclic amines) is 1. The van der Waals surface area contributed by atoms with Crippen LogP contribution in [0.15, 0.2) is 18.2 Å². The Labute approximate surface area is 205 Å². The van der Waals surface area contributed by atoms with Gasteiger partial charge in [-0.1, -0.05) is 17.7 Å². The van der Waals surface area contributed by atoms with Crippen LogP contribution in [0.5, 0.6) is 0 Å². The summed E-state index contributed by atoms with van der Waals surface area (Å²) in [7, 11) is 0. The van der Waals surface area contributed by atoms with Gasteiger partial charge in [0, 0.05) is 49.9 Å². The number of benzene rings is 1. The van der Waals surface area contributed by atoms with Gasteiger partial charge in [0.1, 0.15) is 6.04 Å². The zero-order valence-electron chi connectivity index (χ0n) is 19.6. The van der Waals surface area contributed by atoms with Crippen molar-refractivity contribution in [2.75, 3.05) is 32.8 Å². The molecule has 2 aliphatic rings. The van der Waals surface area contributed by atoms with Gasteiger partial charge in [0.15, 0.2) is 0 Å². The number of nitrogens with one attached hydrogen (secondary N) is 2. The van der Waals surface area contributed by atoms with Gasteiger partial charge in [0.25, 0.3) is 0 Å². The van der Waals surface area contributed by atoms with Crippen LogP contribution in [-0.4, -0.2) is 72.1 Å². The van der Waals surface area contributed by atoms with E-state index >= 15 is 0 Å². The first-order valence-corrected chi connectivity index (χ1v) is 12.2. The van der Waals surface area contributed by atoms with E-state index in [0.717, 1.165) is 11.1 Å². The SMILES string of the molecule is CC(=N)C(CCC(=O)N1CCOCC1)C(=O)N1CCCC1C(=O)NCc1cc(Cl)ccc1CN. The van der Waals surface area contributed by atoms with E-state index in [4.69, 9.17) is 27.5 Å². The van der Waals surface area contributed by atoms with Crippen LogP contribution in [0.4, 0.5) is 0 Å². The quantitative estimate of drug-likeness (QED) is 0.453. The molecule has 2 aliphatic heterocycles. The van der Waals surface area contributed by atoms with Gasteiger partial charge in [-0.05, 0) is 49.4 Å². The molecule has 2 saturated heterocycles. The van der Waals surface area contributed by atoms with Crippen LogP contribution in [0, 0.1) is 11.3 Å². The molecule has 10 heteroatoms. The van der Waals surface area contributed by atoms with Gasteiger partial charge in [-0.15, -0.1) is 0 Å². The fourth-order valence-electron chi connectivity index (χ4n) is 4.53. The Bertz CT molecular complexity index is 919. The molecule has 4 N–H and O–H groups in total. The Hall–Kier alpha value is -2.49. The highest BCUT2D eigenvalue weighted by atomic mass is 35.5. The molecule has 0 bridgehead atoms. The third-order valence-corrected chi connectivity index (χ3v) is 6.75. The Morgan fingerprint density at radius 1 is 1.24 bits per heavy atom. The topological polar surface area (TPSA) is 129 Å². The van der Waals surface area contributed by atoms with E-state index in [2.05, 4.69) is 5.32 Å². The van der Waals surface area contributed by atoms with Crippen molar-refractivity contribution in [3.8, 4) is 0 Å². The van der Waals surface area contributed by atoms with Crippen molar-refractivity contribution < 1.29 is 19.1 Å². The maximum absolute atomic E-state index is 13.3. The average Bonchev–Trinajstić information content (AvgIpc) is 3.33. The van der Waals surface area contributed by atoms with Crippen molar-refractivity contribution in [3.05, 3.63) is 34.3 Å². The van der Waals surface area contributed by atoms with Crippen molar-refractivity contribution in [2.45, 2.75) is 51.7 Å². The van der Waals surface area contributed by atoms with Crippen LogP contribution in [0.3, 0.4) is 0 Å². The molecule has 0 aliphatic carbocycles. The number of hydrogen-bond acceptors (Lipinski definition) is 6. The van der Waals surface area contributed by atoms with E-state index in [1.165, 1.54) is 0 Å². The monoisotopic (exact) mass is 491 g/mol. The Morgan fingerprint density at radius 2 is 1.97 bits per heavy atom. The van der Waals surface area contributed by atoms with Crippen molar-refractivity contribution in [3.63, 3.8) is 0 Å². The van der Waals surface area contributed by atoms with Gasteiger partial charge < -0.3 is 31.0 Å². The van der Waals surface area contributed by atoms with Crippen LogP contribution in [-0.2, 0) is 32.2 Å². The zero-order valence-corrected chi connectivity index (χ0v) is 20.4. The molecule has 9 nitrogen and oxygen atoms in total. The molecule has 186 valence electrons. The minimum atomic E-state index is -0.713. The number of amides is 3. The second kappa shape index (κ2) is 12.3. The number of morpholine rings is 1. The molecule has 3 amide bonds. The van der Waals surface area contributed by atoms with Crippen molar-refractivity contribution >= 4 is 35.0 Å². The lowest BCUT2D eigenvalue weighted by Gasteiger charge is -2.29. The van der Waals surface area contributed by atoms with Crippen LogP contribution in [0.2, 0.25) is 5.02 Å². The third-order valence-electron chi connectivity index (χ3n) is 6.51. The fraction of sp³-hybridized carbons (Fsp3) is 0.583. The van der Waals surface area contributed by atoms with E-state index in [-0.39, 0.29) is 42.8 Å². The molecule has 0 aromatic heterocycles. The number of hydrogen-bond donors (Lipinski definition) is 3. The number of halogens is 1. The predicted molar refractivity (Wildman–Crippen MR) is 129 cm³/mol. The first-order valence-electron chi connectivity index (χ1n) is 11.8. The molecule has 2 fully saturated rings. The van der Waals surface area contributed by atoms with Crippen LogP contribution >= 0.6 is 11.6 Å². The third kappa shape index (κ3) is 6.55. The Kier molecular flexibility index (Phi) is 9.44. The largest absolute Gasteiger partial charge is 0.378 e. The second-order valence-corrected chi connectivity index (χ2v) is 9.23. The molecule has 2 unspecified atom stereocenters. The minimum Gasteiger partial charge on any atom is -0.378 e. The highest BCUT2D eigenvalue weighted by molar-refractivity contribution is 6.30. The molecule has 0 radical (unpaired) electrons. The van der Waals surface area contributed by atoms with Gasteiger partial charge in [-0.2, -0.15) is 0 Å². The number of rotatable bonds is 9. The Balaban J connectivity index is 1.60. The first kappa shape index (κ1) is 26.1. The lowest BCUT2D eigenvalue weighted by molar-refractivity contribution is -0.141. The highest BCUT2D eigenvalue weighted by Gasteiger charge is 2.38. The van der Waals surface area contributed by atoms with E-state index < -0.39 is 12.0 Å². The molecule has 0 saturated carbocycles. The van der Waals surface area contributed by atoms with Crippen LogP contribution in [0.25, 0.3) is 0 Å². The van der Waals surface area contributed by atoms with E-state index in [1.807, 2.05) is 6.07 Å². The molecule has 2 heterocycles. The summed E-state index contributed by atoms with van der Waals surface area (Å²) in [5.74, 6) is -1.24. The van der Waals surface area contributed by atoms with Gasteiger partial charge in [0.2, 0.25) is 17.7 Å². The molecular weight excluding hydrogens is 458 g/mol. The molecular formula is C24H34ClN5O4. The van der Waals surface area contributed by atoms with Gasteiger partial charge in [0.05, 0.1) is 19.1 Å². The van der Waals surface area contributed by atoms with E-state index in [1.54, 1.807) is 28.9 Å². The lowest BCUT2D eigenvalue weighted by atomic mass is 9.95. The number of carbonyl (C=O) groups is 3. The maximum atomic E-state index is 13.3. The number of ether oxygens (including phenoxy) is 1.